The minimum absolute atomic E-state index is 0. The molecule has 0 bridgehead atoms. The third-order valence-electron chi connectivity index (χ3n) is 3.36. The minimum Gasteiger partial charge on any atom is -0.384 e. The number of nitrogens with zero attached hydrogens (tertiary/aromatic N) is 1. The van der Waals surface area contributed by atoms with E-state index in [1.54, 1.807) is 7.11 Å². The quantitative estimate of drug-likeness (QED) is 0.798. The van der Waals surface area contributed by atoms with Crippen LogP contribution in [0.5, 0.6) is 0 Å². The van der Waals surface area contributed by atoms with Gasteiger partial charge in [0, 0.05) is 26.1 Å². The number of amides is 1. The Bertz CT molecular complexity index is 232. The SMILES string of the molecule is COCC1CCN(C(=O)[C@@H]2CCCN2)C1.Cl. The summed E-state index contributed by atoms with van der Waals surface area (Å²) in [6.45, 7) is 3.56. The number of likely N-dealkylation sites (tertiary alicyclic amines) is 1. The third-order valence-corrected chi connectivity index (χ3v) is 3.36. The van der Waals surface area contributed by atoms with Crippen molar-refractivity contribution in [3.05, 3.63) is 0 Å². The van der Waals surface area contributed by atoms with Gasteiger partial charge >= 0.3 is 0 Å². The summed E-state index contributed by atoms with van der Waals surface area (Å²) in [5.74, 6) is 0.839. The van der Waals surface area contributed by atoms with Gasteiger partial charge in [-0.3, -0.25) is 4.79 Å². The molecule has 16 heavy (non-hydrogen) atoms. The van der Waals surface area contributed by atoms with E-state index in [2.05, 4.69) is 5.32 Å². The Balaban J connectivity index is 0.00000128. The van der Waals surface area contributed by atoms with Gasteiger partial charge in [-0.1, -0.05) is 0 Å². The Morgan fingerprint density at radius 1 is 1.50 bits per heavy atom. The first-order chi connectivity index (χ1) is 7.31. The molecule has 0 saturated carbocycles. The molecule has 1 unspecified atom stereocenters. The molecule has 2 fully saturated rings. The van der Waals surface area contributed by atoms with Crippen molar-refractivity contribution in [2.24, 2.45) is 5.92 Å². The zero-order chi connectivity index (χ0) is 10.7. The number of ether oxygens (including phenoxy) is 1. The van der Waals surface area contributed by atoms with Crippen LogP contribution in [0, 0.1) is 5.92 Å². The van der Waals surface area contributed by atoms with Crippen LogP contribution < -0.4 is 5.32 Å². The van der Waals surface area contributed by atoms with Crippen LogP contribution in [0.4, 0.5) is 0 Å². The van der Waals surface area contributed by atoms with E-state index in [0.717, 1.165) is 45.5 Å². The summed E-state index contributed by atoms with van der Waals surface area (Å²) >= 11 is 0. The molecule has 94 valence electrons. The molecule has 1 N–H and O–H groups in total. The standard InChI is InChI=1S/C11H20N2O2.ClH/c1-15-8-9-4-6-13(7-9)11(14)10-3-2-5-12-10;/h9-10,12H,2-8H2,1H3;1H/t9?,10-;/m0./s1. The number of hydrogen-bond donors (Lipinski definition) is 1. The maximum absolute atomic E-state index is 12.0. The van der Waals surface area contributed by atoms with E-state index in [1.807, 2.05) is 4.90 Å². The summed E-state index contributed by atoms with van der Waals surface area (Å²) in [5.41, 5.74) is 0. The summed E-state index contributed by atoms with van der Waals surface area (Å²) in [5, 5.41) is 3.26. The highest BCUT2D eigenvalue weighted by Crippen LogP contribution is 2.19. The minimum atomic E-state index is 0. The van der Waals surface area contributed by atoms with Gasteiger partial charge in [-0.2, -0.15) is 0 Å². The maximum Gasteiger partial charge on any atom is 0.239 e. The lowest BCUT2D eigenvalue weighted by Gasteiger charge is -2.20. The van der Waals surface area contributed by atoms with E-state index in [4.69, 9.17) is 4.74 Å². The van der Waals surface area contributed by atoms with Gasteiger partial charge in [0.2, 0.25) is 5.91 Å². The van der Waals surface area contributed by atoms with Gasteiger partial charge in [0.05, 0.1) is 12.6 Å². The number of rotatable bonds is 3. The molecule has 4 nitrogen and oxygen atoms in total. The average molecular weight is 249 g/mol. The molecular formula is C11H21ClN2O2. The maximum atomic E-state index is 12.0. The van der Waals surface area contributed by atoms with E-state index < -0.39 is 0 Å². The van der Waals surface area contributed by atoms with Crippen molar-refractivity contribution in [1.29, 1.82) is 0 Å². The second-order valence-corrected chi connectivity index (χ2v) is 4.54. The van der Waals surface area contributed by atoms with Crippen LogP contribution in [0.15, 0.2) is 0 Å². The molecule has 2 saturated heterocycles. The van der Waals surface area contributed by atoms with Crippen LogP contribution in [0.3, 0.4) is 0 Å². The fourth-order valence-electron chi connectivity index (χ4n) is 2.52. The van der Waals surface area contributed by atoms with Crippen molar-refractivity contribution < 1.29 is 9.53 Å². The molecule has 0 aromatic rings. The number of carbonyl (C=O) groups excluding carboxylic acids is 1. The first kappa shape index (κ1) is 13.7. The highest BCUT2D eigenvalue weighted by molar-refractivity contribution is 5.85. The molecule has 0 aliphatic carbocycles. The average Bonchev–Trinajstić information content (AvgIpc) is 2.87. The van der Waals surface area contributed by atoms with Crippen molar-refractivity contribution in [1.82, 2.24) is 10.2 Å². The van der Waals surface area contributed by atoms with Crippen LogP contribution in [0.25, 0.3) is 0 Å². The first-order valence-electron chi connectivity index (χ1n) is 5.82. The summed E-state index contributed by atoms with van der Waals surface area (Å²) in [7, 11) is 1.73. The molecule has 5 heteroatoms. The van der Waals surface area contributed by atoms with Crippen LogP contribution >= 0.6 is 12.4 Å². The fraction of sp³-hybridized carbons (Fsp3) is 0.909. The molecule has 2 rings (SSSR count). The van der Waals surface area contributed by atoms with E-state index >= 15 is 0 Å². The number of methoxy groups -OCH3 is 1. The Kier molecular flexibility index (Phi) is 5.52. The molecule has 2 aliphatic heterocycles. The van der Waals surface area contributed by atoms with E-state index in [-0.39, 0.29) is 18.4 Å². The fourth-order valence-corrected chi connectivity index (χ4v) is 2.52. The zero-order valence-corrected chi connectivity index (χ0v) is 10.6. The van der Waals surface area contributed by atoms with Gasteiger partial charge in [-0.15, -0.1) is 12.4 Å². The number of nitrogens with one attached hydrogen (secondary N) is 1. The van der Waals surface area contributed by atoms with Crippen molar-refractivity contribution in [3.8, 4) is 0 Å². The van der Waals surface area contributed by atoms with Gasteiger partial charge in [0.25, 0.3) is 0 Å². The molecule has 2 aliphatic rings. The van der Waals surface area contributed by atoms with Gasteiger partial charge in [-0.25, -0.2) is 0 Å². The summed E-state index contributed by atoms with van der Waals surface area (Å²) in [4.78, 5) is 14.0. The zero-order valence-electron chi connectivity index (χ0n) is 9.78. The highest BCUT2D eigenvalue weighted by atomic mass is 35.5. The number of carbonyl (C=O) groups is 1. The van der Waals surface area contributed by atoms with Crippen molar-refractivity contribution in [2.75, 3.05) is 33.4 Å². The summed E-state index contributed by atoms with van der Waals surface area (Å²) in [6, 6.07) is 0.0892. The Hall–Kier alpha value is -0.320. The van der Waals surface area contributed by atoms with Crippen LogP contribution in [-0.4, -0.2) is 50.2 Å². The molecular weight excluding hydrogens is 228 g/mol. The van der Waals surface area contributed by atoms with E-state index in [1.165, 1.54) is 0 Å². The van der Waals surface area contributed by atoms with Crippen LogP contribution in [-0.2, 0) is 9.53 Å². The molecule has 2 atom stereocenters. The molecule has 0 radical (unpaired) electrons. The van der Waals surface area contributed by atoms with Gasteiger partial charge in [0.15, 0.2) is 0 Å². The lowest BCUT2D eigenvalue weighted by atomic mass is 10.1. The van der Waals surface area contributed by atoms with Crippen molar-refractivity contribution >= 4 is 18.3 Å². The number of hydrogen-bond acceptors (Lipinski definition) is 3. The Labute approximate surface area is 103 Å². The smallest absolute Gasteiger partial charge is 0.239 e. The second kappa shape index (κ2) is 6.42. The normalized spacial score (nSPS) is 29.2. The predicted molar refractivity (Wildman–Crippen MR) is 64.8 cm³/mol. The Morgan fingerprint density at radius 2 is 2.31 bits per heavy atom. The molecule has 0 spiro atoms. The van der Waals surface area contributed by atoms with Crippen LogP contribution in [0.1, 0.15) is 19.3 Å². The topological polar surface area (TPSA) is 41.6 Å². The van der Waals surface area contributed by atoms with Gasteiger partial charge in [0.1, 0.15) is 0 Å². The third kappa shape index (κ3) is 3.09. The summed E-state index contributed by atoms with van der Waals surface area (Å²) in [6.07, 6.45) is 3.22. The molecule has 0 aromatic heterocycles. The lowest BCUT2D eigenvalue weighted by molar-refractivity contribution is -0.132. The lowest BCUT2D eigenvalue weighted by Crippen LogP contribution is -2.42. The van der Waals surface area contributed by atoms with Crippen LogP contribution in [0.2, 0.25) is 0 Å². The van der Waals surface area contributed by atoms with Gasteiger partial charge < -0.3 is 15.0 Å². The van der Waals surface area contributed by atoms with Gasteiger partial charge in [-0.05, 0) is 25.8 Å². The monoisotopic (exact) mass is 248 g/mol. The van der Waals surface area contributed by atoms with Crippen molar-refractivity contribution in [2.45, 2.75) is 25.3 Å². The molecule has 1 amide bonds. The Morgan fingerprint density at radius 3 is 2.94 bits per heavy atom. The molecule has 0 aromatic carbocycles. The van der Waals surface area contributed by atoms with E-state index in [0.29, 0.717) is 11.8 Å². The molecule has 2 heterocycles. The second-order valence-electron chi connectivity index (χ2n) is 4.54. The summed E-state index contributed by atoms with van der Waals surface area (Å²) < 4.78 is 5.13. The number of halogens is 1. The highest BCUT2D eigenvalue weighted by Gasteiger charge is 2.31. The largest absolute Gasteiger partial charge is 0.384 e. The van der Waals surface area contributed by atoms with Crippen molar-refractivity contribution in [3.63, 3.8) is 0 Å². The predicted octanol–water partition coefficient (Wildman–Crippen LogP) is 0.655. The first-order valence-corrected chi connectivity index (χ1v) is 5.82. The van der Waals surface area contributed by atoms with E-state index in [9.17, 15) is 4.79 Å².